The van der Waals surface area contributed by atoms with Crippen LogP contribution in [0.4, 0.5) is 0 Å². The molecule has 4 nitrogen and oxygen atoms in total. The molecule has 60 valence electrons. The molecule has 0 aromatic rings. The lowest BCUT2D eigenvalue weighted by molar-refractivity contribution is -0.127. The zero-order valence-electron chi connectivity index (χ0n) is 7.00. The van der Waals surface area contributed by atoms with E-state index in [0.717, 1.165) is 0 Å². The lowest BCUT2D eigenvalue weighted by atomic mass is 10.1. The number of aliphatic hydroxyl groups is 1. The average molecular weight is 148 g/mol. The van der Waals surface area contributed by atoms with Gasteiger partial charge >= 0.3 is 0 Å². The molecule has 0 saturated heterocycles. The normalized spacial score (nSPS) is 17.6. The Labute approximate surface area is 61.8 Å². The molecule has 0 saturated carbocycles. The van der Waals surface area contributed by atoms with Gasteiger partial charge in [-0.05, 0) is 13.4 Å². The Kier molecular flexibility index (Phi) is 3.18. The highest BCUT2D eigenvalue weighted by Crippen LogP contribution is 1.96. The molecule has 0 fully saturated rings. The van der Waals surface area contributed by atoms with Crippen molar-refractivity contribution >= 4 is 5.91 Å². The Morgan fingerprint density at radius 3 is 2.90 bits per heavy atom. The zero-order valence-corrected chi connectivity index (χ0v) is 6.00. The summed E-state index contributed by atoms with van der Waals surface area (Å²) in [6.45, 7) is 1.81. The molecule has 0 aliphatic rings. The Morgan fingerprint density at radius 2 is 2.60 bits per heavy atom. The van der Waals surface area contributed by atoms with Crippen LogP contribution in [-0.2, 0) is 4.79 Å². The van der Waals surface area contributed by atoms with Gasteiger partial charge in [0.1, 0.15) is 6.10 Å². The van der Waals surface area contributed by atoms with Crippen LogP contribution >= 0.6 is 0 Å². The van der Waals surface area contributed by atoms with E-state index < -0.39 is 18.1 Å². The van der Waals surface area contributed by atoms with E-state index in [-0.39, 0.29) is 7.02 Å². The fourth-order valence-electron chi connectivity index (χ4n) is 0.678. The summed E-state index contributed by atoms with van der Waals surface area (Å²) < 4.78 is 6.80. The highest BCUT2D eigenvalue weighted by Gasteiger charge is 2.19. The van der Waals surface area contributed by atoms with Gasteiger partial charge < -0.3 is 16.2 Å². The number of hydrogen-bond acceptors (Lipinski definition) is 3. The minimum absolute atomic E-state index is 0.0250. The van der Waals surface area contributed by atoms with Crippen LogP contribution in [0.5, 0.6) is 0 Å². The smallest absolute Gasteiger partial charge is 0.247 e. The van der Waals surface area contributed by atoms with Crippen LogP contribution in [0.2, 0.25) is 0 Å². The van der Waals surface area contributed by atoms with Crippen LogP contribution in [0, 0.1) is 0 Å². The van der Waals surface area contributed by atoms with Gasteiger partial charge in [-0.15, -0.1) is 0 Å². The maximum Gasteiger partial charge on any atom is 0.247 e. The van der Waals surface area contributed by atoms with Gasteiger partial charge in [0.25, 0.3) is 0 Å². The van der Waals surface area contributed by atoms with Crippen LogP contribution in [0.25, 0.3) is 0 Å². The van der Waals surface area contributed by atoms with Crippen LogP contribution in [0.15, 0.2) is 0 Å². The predicted molar refractivity (Wildman–Crippen MR) is 38.3 cm³/mol. The van der Waals surface area contributed by atoms with Crippen LogP contribution in [0.3, 0.4) is 0 Å². The van der Waals surface area contributed by atoms with E-state index >= 15 is 0 Å². The fourth-order valence-corrected chi connectivity index (χ4v) is 0.678. The standard InChI is InChI=1S/C6H14N2O2/c1-3-4(8-2)5(9)6(7)10/h4-5,8-9H,3H2,1-2H3,(H2,7,10)/t4-,5?/m0/s1/i2T. The molecule has 1 unspecified atom stereocenters. The molecule has 0 aromatic heterocycles. The van der Waals surface area contributed by atoms with Gasteiger partial charge in [0.15, 0.2) is 0 Å². The van der Waals surface area contributed by atoms with Gasteiger partial charge in [-0.25, -0.2) is 0 Å². The second-order valence-corrected chi connectivity index (χ2v) is 2.07. The fraction of sp³-hybridized carbons (Fsp3) is 0.833. The number of carbonyl (C=O) groups excluding carboxylic acids is 1. The number of amides is 1. The third-order valence-corrected chi connectivity index (χ3v) is 1.37. The number of likely N-dealkylation sites (N-methyl/N-ethyl adjacent to an activating group) is 1. The number of carbonyl (C=O) groups is 1. The van der Waals surface area contributed by atoms with Crippen molar-refractivity contribution in [1.82, 2.24) is 5.32 Å². The zero-order chi connectivity index (χ0) is 8.85. The molecule has 0 rings (SSSR count). The summed E-state index contributed by atoms with van der Waals surface area (Å²) in [6.07, 6.45) is -0.617. The van der Waals surface area contributed by atoms with Crippen molar-refractivity contribution in [3.63, 3.8) is 0 Å². The summed E-state index contributed by atoms with van der Waals surface area (Å²) in [5.41, 5.74) is 4.85. The lowest BCUT2D eigenvalue weighted by Gasteiger charge is -2.17. The Morgan fingerprint density at radius 1 is 2.00 bits per heavy atom. The van der Waals surface area contributed by atoms with E-state index in [1.54, 1.807) is 6.92 Å². The van der Waals surface area contributed by atoms with Crippen LogP contribution in [0.1, 0.15) is 14.7 Å². The first-order chi connectivity index (χ1) is 5.13. The second kappa shape index (κ2) is 4.24. The quantitative estimate of drug-likeness (QED) is 0.470. The van der Waals surface area contributed by atoms with E-state index in [1.165, 1.54) is 0 Å². The molecule has 0 aliphatic heterocycles. The molecule has 0 radical (unpaired) electrons. The third kappa shape index (κ3) is 2.33. The molecule has 0 spiro atoms. The molecule has 4 N–H and O–H groups in total. The Bertz CT molecular complexity index is 132. The molecule has 0 aromatic carbocycles. The van der Waals surface area contributed by atoms with Gasteiger partial charge in [0.2, 0.25) is 5.91 Å². The van der Waals surface area contributed by atoms with Crippen molar-refractivity contribution in [2.45, 2.75) is 25.5 Å². The van der Waals surface area contributed by atoms with Gasteiger partial charge in [0.05, 0.1) is 0 Å². The number of nitrogens with one attached hydrogen (secondary N) is 1. The van der Waals surface area contributed by atoms with E-state index in [2.05, 4.69) is 5.32 Å². The van der Waals surface area contributed by atoms with Crippen molar-refractivity contribution in [3.8, 4) is 0 Å². The lowest BCUT2D eigenvalue weighted by Crippen LogP contribution is -2.45. The minimum atomic E-state index is -1.19. The first-order valence-electron chi connectivity index (χ1n) is 3.84. The molecule has 1 amide bonds. The summed E-state index contributed by atoms with van der Waals surface area (Å²) in [7, 11) is -0.0250. The molecular weight excluding hydrogens is 132 g/mol. The average Bonchev–Trinajstić information content (AvgIpc) is 1.98. The van der Waals surface area contributed by atoms with E-state index in [0.29, 0.717) is 6.42 Å². The number of primary amides is 1. The van der Waals surface area contributed by atoms with Gasteiger partial charge in [-0.3, -0.25) is 4.79 Å². The first kappa shape index (κ1) is 7.50. The van der Waals surface area contributed by atoms with Crippen molar-refractivity contribution in [2.24, 2.45) is 5.73 Å². The highest BCUT2D eigenvalue weighted by molar-refractivity contribution is 5.79. The summed E-state index contributed by atoms with van der Waals surface area (Å²) in [4.78, 5) is 10.4. The summed E-state index contributed by atoms with van der Waals surface area (Å²) in [5, 5.41) is 11.7. The first-order valence-corrected chi connectivity index (χ1v) is 3.13. The van der Waals surface area contributed by atoms with E-state index in [9.17, 15) is 4.79 Å². The summed E-state index contributed by atoms with van der Waals surface area (Å²) >= 11 is 0. The van der Waals surface area contributed by atoms with E-state index in [1.807, 2.05) is 0 Å². The predicted octanol–water partition coefficient (Wildman–Crippen LogP) is -1.17. The van der Waals surface area contributed by atoms with Gasteiger partial charge in [-0.1, -0.05) is 6.92 Å². The number of nitrogens with two attached hydrogens (primary N) is 1. The Balaban J connectivity index is 3.91. The topological polar surface area (TPSA) is 75.3 Å². The molecule has 0 heterocycles. The maximum atomic E-state index is 10.4. The summed E-state index contributed by atoms with van der Waals surface area (Å²) in [6, 6.07) is -0.398. The number of rotatable bonds is 4. The van der Waals surface area contributed by atoms with Gasteiger partial charge in [0, 0.05) is 7.41 Å². The number of aliphatic hydroxyl groups excluding tert-OH is 1. The van der Waals surface area contributed by atoms with Crippen molar-refractivity contribution < 1.29 is 11.3 Å². The Hall–Kier alpha value is -0.610. The van der Waals surface area contributed by atoms with Gasteiger partial charge in [-0.2, -0.15) is 0 Å². The monoisotopic (exact) mass is 148 g/mol. The SMILES string of the molecule is [3H]CN[C@@H](CC)C(O)C(N)=O. The molecular formula is C6H14N2O2. The van der Waals surface area contributed by atoms with Crippen molar-refractivity contribution in [1.29, 1.82) is 0 Å². The molecule has 2 atom stereocenters. The highest BCUT2D eigenvalue weighted by atomic mass is 16.3. The molecule has 0 aliphatic carbocycles. The molecule has 10 heavy (non-hydrogen) atoms. The number of hydrogen-bond donors (Lipinski definition) is 3. The molecule has 4 heteroatoms. The van der Waals surface area contributed by atoms with E-state index in [4.69, 9.17) is 12.2 Å². The summed E-state index contributed by atoms with van der Waals surface area (Å²) in [5.74, 6) is -0.752. The second-order valence-electron chi connectivity index (χ2n) is 2.07. The largest absolute Gasteiger partial charge is 0.382 e. The van der Waals surface area contributed by atoms with Crippen molar-refractivity contribution in [3.05, 3.63) is 0 Å². The maximum absolute atomic E-state index is 10.4. The minimum Gasteiger partial charge on any atom is -0.382 e. The van der Waals surface area contributed by atoms with Crippen molar-refractivity contribution in [2.75, 3.05) is 7.02 Å². The molecule has 0 bridgehead atoms. The van der Waals surface area contributed by atoms with Crippen LogP contribution < -0.4 is 11.1 Å². The van der Waals surface area contributed by atoms with Crippen LogP contribution in [-0.4, -0.2) is 30.2 Å². The third-order valence-electron chi connectivity index (χ3n) is 1.37.